The molecule has 0 atom stereocenters. The first-order chi connectivity index (χ1) is 13.2. The first-order valence-electron chi connectivity index (χ1n) is 8.77. The van der Waals surface area contributed by atoms with E-state index >= 15 is 0 Å². The van der Waals surface area contributed by atoms with Crippen molar-refractivity contribution in [2.75, 3.05) is 7.11 Å². The van der Waals surface area contributed by atoms with Crippen molar-refractivity contribution in [2.24, 2.45) is 7.05 Å². The number of aryl methyl sites for hydroxylation is 1. The average Bonchev–Trinajstić information content (AvgIpc) is 2.74. The van der Waals surface area contributed by atoms with E-state index in [0.29, 0.717) is 0 Å². The lowest BCUT2D eigenvalue weighted by atomic mass is 10.0. The molecule has 0 saturated carbocycles. The number of aromatic nitrogens is 3. The third-order valence-electron chi connectivity index (χ3n) is 4.49. The van der Waals surface area contributed by atoms with Crippen LogP contribution in [-0.4, -0.2) is 17.1 Å². The molecule has 4 aromatic rings. The Labute approximate surface area is 181 Å². The summed E-state index contributed by atoms with van der Waals surface area (Å²) in [6.07, 6.45) is 3.82. The fourth-order valence-corrected chi connectivity index (χ4v) is 3.05. The molecule has 0 aliphatic rings. The van der Waals surface area contributed by atoms with Crippen LogP contribution in [0.15, 0.2) is 85.2 Å². The van der Waals surface area contributed by atoms with Gasteiger partial charge in [-0.3, -0.25) is 4.98 Å². The summed E-state index contributed by atoms with van der Waals surface area (Å²) in [6, 6.07) is 24.2. The van der Waals surface area contributed by atoms with Crippen LogP contribution in [0.2, 0.25) is 0 Å². The highest BCUT2D eigenvalue weighted by atomic mass is 127. The van der Waals surface area contributed by atoms with Gasteiger partial charge in [0, 0.05) is 18.3 Å². The van der Waals surface area contributed by atoms with E-state index in [1.54, 1.807) is 13.3 Å². The second-order valence-corrected chi connectivity index (χ2v) is 6.27. The monoisotopic (exact) mass is 481 g/mol. The molecule has 140 valence electrons. The third kappa shape index (κ3) is 4.20. The molecule has 0 bridgehead atoms. The van der Waals surface area contributed by atoms with E-state index in [9.17, 15) is 0 Å². The number of rotatable bonds is 4. The van der Waals surface area contributed by atoms with Crippen LogP contribution < -0.4 is 33.3 Å². The maximum atomic E-state index is 5.28. The number of halogens is 1. The SMILES string of the molecule is COc1ccc(-c2cc(-c3ccccn3)nc(-c3cccc[n+]3C)c2)cc1.[I-]. The summed E-state index contributed by atoms with van der Waals surface area (Å²) in [7, 11) is 3.70. The van der Waals surface area contributed by atoms with Gasteiger partial charge in [0.2, 0.25) is 5.69 Å². The maximum absolute atomic E-state index is 5.28. The lowest BCUT2D eigenvalue weighted by Gasteiger charge is -2.09. The number of hydrogen-bond donors (Lipinski definition) is 0. The molecule has 4 nitrogen and oxygen atoms in total. The van der Waals surface area contributed by atoms with Gasteiger partial charge in [-0.25, -0.2) is 4.98 Å². The van der Waals surface area contributed by atoms with E-state index < -0.39 is 0 Å². The van der Waals surface area contributed by atoms with Crippen LogP contribution in [0.5, 0.6) is 5.75 Å². The average molecular weight is 481 g/mol. The van der Waals surface area contributed by atoms with Gasteiger partial charge in [0.15, 0.2) is 6.20 Å². The lowest BCUT2D eigenvalue weighted by molar-refractivity contribution is -0.660. The Bertz CT molecular complexity index is 1070. The first-order valence-corrected chi connectivity index (χ1v) is 8.77. The maximum Gasteiger partial charge on any atom is 0.230 e. The third-order valence-corrected chi connectivity index (χ3v) is 4.49. The van der Waals surface area contributed by atoms with Gasteiger partial charge in [-0.15, -0.1) is 0 Å². The molecule has 3 heterocycles. The Morgan fingerprint density at radius 2 is 1.54 bits per heavy atom. The lowest BCUT2D eigenvalue weighted by Crippen LogP contribution is -3.00. The Morgan fingerprint density at radius 1 is 0.786 bits per heavy atom. The standard InChI is InChI=1S/C23H20N3O.HI/c1-26-14-6-4-8-23(26)22-16-18(17-9-11-19(27-2)12-10-17)15-21(25-22)20-7-3-5-13-24-20;/h3-16H,1-2H3;1H/q+1;/p-1. The van der Waals surface area contributed by atoms with Crippen molar-refractivity contribution < 1.29 is 33.3 Å². The summed E-state index contributed by atoms with van der Waals surface area (Å²) in [5, 5.41) is 0. The predicted molar refractivity (Wildman–Crippen MR) is 106 cm³/mol. The minimum absolute atomic E-state index is 0. The normalized spacial score (nSPS) is 10.2. The quantitative estimate of drug-likeness (QED) is 0.326. The summed E-state index contributed by atoms with van der Waals surface area (Å²) in [6.45, 7) is 0. The number of benzene rings is 1. The highest BCUT2D eigenvalue weighted by Gasteiger charge is 2.15. The Balaban J connectivity index is 0.00000225. The second kappa shape index (κ2) is 8.93. The van der Waals surface area contributed by atoms with Gasteiger partial charge in [-0.2, -0.15) is 4.57 Å². The van der Waals surface area contributed by atoms with E-state index in [1.165, 1.54) is 0 Å². The summed E-state index contributed by atoms with van der Waals surface area (Å²) in [5.74, 6) is 0.840. The minimum atomic E-state index is 0. The molecular formula is C23H20IN3O. The summed E-state index contributed by atoms with van der Waals surface area (Å²) >= 11 is 0. The molecule has 0 amide bonds. The van der Waals surface area contributed by atoms with Gasteiger partial charge in [0.1, 0.15) is 18.5 Å². The van der Waals surface area contributed by atoms with Gasteiger partial charge in [0.05, 0.1) is 18.5 Å². The number of pyridine rings is 3. The molecule has 0 unspecified atom stereocenters. The molecule has 0 saturated heterocycles. The van der Waals surface area contributed by atoms with Gasteiger partial charge in [0.25, 0.3) is 0 Å². The molecule has 28 heavy (non-hydrogen) atoms. The summed E-state index contributed by atoms with van der Waals surface area (Å²) < 4.78 is 7.35. The minimum Gasteiger partial charge on any atom is -1.00 e. The highest BCUT2D eigenvalue weighted by molar-refractivity contribution is 5.74. The molecule has 1 aromatic carbocycles. The van der Waals surface area contributed by atoms with Gasteiger partial charge < -0.3 is 28.7 Å². The molecule has 0 aliphatic carbocycles. The zero-order valence-corrected chi connectivity index (χ0v) is 17.9. The van der Waals surface area contributed by atoms with Crippen molar-refractivity contribution in [3.05, 3.63) is 85.2 Å². The highest BCUT2D eigenvalue weighted by Crippen LogP contribution is 2.29. The van der Waals surface area contributed by atoms with Crippen LogP contribution in [0.4, 0.5) is 0 Å². The predicted octanol–water partition coefficient (Wildman–Crippen LogP) is 1.31. The largest absolute Gasteiger partial charge is 1.00 e. The van der Waals surface area contributed by atoms with Crippen LogP contribution >= 0.6 is 0 Å². The van der Waals surface area contributed by atoms with Crippen LogP contribution in [-0.2, 0) is 7.05 Å². The topological polar surface area (TPSA) is 38.9 Å². The van der Waals surface area contributed by atoms with E-state index in [4.69, 9.17) is 9.72 Å². The number of hydrogen-bond acceptors (Lipinski definition) is 3. The van der Waals surface area contributed by atoms with Crippen molar-refractivity contribution in [2.45, 2.75) is 0 Å². The molecule has 0 fully saturated rings. The molecular weight excluding hydrogens is 461 g/mol. The zero-order chi connectivity index (χ0) is 18.6. The van der Waals surface area contributed by atoms with Crippen molar-refractivity contribution in [3.8, 4) is 39.7 Å². The van der Waals surface area contributed by atoms with E-state index in [0.717, 1.165) is 39.7 Å². The van der Waals surface area contributed by atoms with E-state index in [-0.39, 0.29) is 24.0 Å². The second-order valence-electron chi connectivity index (χ2n) is 6.27. The Hall–Kier alpha value is -2.80. The molecule has 0 N–H and O–H groups in total. The van der Waals surface area contributed by atoms with Gasteiger partial charge in [-0.05, 0) is 53.6 Å². The van der Waals surface area contributed by atoms with Crippen LogP contribution in [0, 0.1) is 0 Å². The summed E-state index contributed by atoms with van der Waals surface area (Å²) in [4.78, 5) is 9.36. The van der Waals surface area contributed by atoms with Crippen molar-refractivity contribution in [1.82, 2.24) is 9.97 Å². The number of nitrogens with zero attached hydrogens (tertiary/aromatic N) is 3. The Morgan fingerprint density at radius 3 is 2.21 bits per heavy atom. The summed E-state index contributed by atoms with van der Waals surface area (Å²) in [5.41, 5.74) is 5.86. The number of methoxy groups -OCH3 is 1. The fourth-order valence-electron chi connectivity index (χ4n) is 3.05. The molecule has 3 aromatic heterocycles. The zero-order valence-electron chi connectivity index (χ0n) is 15.7. The van der Waals surface area contributed by atoms with Crippen molar-refractivity contribution in [3.63, 3.8) is 0 Å². The number of ether oxygens (including phenoxy) is 1. The molecule has 0 radical (unpaired) electrons. The van der Waals surface area contributed by atoms with Crippen LogP contribution in [0.3, 0.4) is 0 Å². The molecule has 4 rings (SSSR count). The van der Waals surface area contributed by atoms with Gasteiger partial charge in [-0.1, -0.05) is 18.2 Å². The smallest absolute Gasteiger partial charge is 0.230 e. The molecule has 0 spiro atoms. The van der Waals surface area contributed by atoms with Crippen molar-refractivity contribution >= 4 is 0 Å². The van der Waals surface area contributed by atoms with Gasteiger partial charge >= 0.3 is 0 Å². The Kier molecular flexibility index (Phi) is 6.36. The molecule has 0 aliphatic heterocycles. The van der Waals surface area contributed by atoms with E-state index in [2.05, 4.69) is 39.9 Å². The van der Waals surface area contributed by atoms with Crippen LogP contribution in [0.25, 0.3) is 33.9 Å². The van der Waals surface area contributed by atoms with Crippen LogP contribution in [0.1, 0.15) is 0 Å². The van der Waals surface area contributed by atoms with Crippen molar-refractivity contribution in [1.29, 1.82) is 0 Å². The van der Waals surface area contributed by atoms with E-state index in [1.807, 2.05) is 55.7 Å². The first kappa shape index (κ1) is 19.9. The fraction of sp³-hybridized carbons (Fsp3) is 0.0870. The molecule has 5 heteroatoms.